The standard InChI is InChI=1S/C82H85N2O12P3/c1-7-91-97(85,92-8-2)79-44-26-67(27-45-79)64-20-32-72(33-21-64)82(73-34-22-65(23-35-73)68-28-46-80(47-29-68)98(86,93-9-3)94-10-4,74-36-24-66(25-37-74)69-30-48-81(49-31-69)99(87,95-11-5)96-12-6)75-38-40-76(41-39-75)84-56-52-71(53-57-84)70-50-54-83(55-51-70)62-63-18-42-78(43-19-63)90-61-59-88-58-60-89-77-16-14-13-15-17-77/h13-57H,7-12,58-62H2,1-6H3/q+2. The molecule has 0 unspecified atom stereocenters. The molecule has 9 aromatic carbocycles. The largest absolute Gasteiger partial charge is 0.491 e. The number of rotatable bonds is 34. The highest BCUT2D eigenvalue weighted by atomic mass is 31.2. The van der Waals surface area contributed by atoms with E-state index >= 15 is 0 Å². The van der Waals surface area contributed by atoms with Gasteiger partial charge in [0.05, 0.1) is 74.2 Å². The van der Waals surface area contributed by atoms with Crippen molar-refractivity contribution >= 4 is 38.7 Å². The summed E-state index contributed by atoms with van der Waals surface area (Å²) in [7, 11) is -10.5. The first kappa shape index (κ1) is 71.6. The van der Waals surface area contributed by atoms with Crippen LogP contribution in [0.3, 0.4) is 0 Å². The molecule has 508 valence electrons. The fraction of sp³-hybridized carbons (Fsp3) is 0.220. The van der Waals surface area contributed by atoms with Gasteiger partial charge < -0.3 is 41.4 Å². The maximum Gasteiger partial charge on any atom is 0.361 e. The van der Waals surface area contributed by atoms with Crippen molar-refractivity contribution in [3.05, 3.63) is 301 Å². The lowest BCUT2D eigenvalue weighted by atomic mass is 9.64. The molecule has 0 aliphatic rings. The van der Waals surface area contributed by atoms with Crippen LogP contribution in [0.25, 0.3) is 50.2 Å². The second-order valence-electron chi connectivity index (χ2n) is 23.2. The van der Waals surface area contributed by atoms with Crippen LogP contribution >= 0.6 is 22.8 Å². The van der Waals surface area contributed by atoms with Gasteiger partial charge in [0, 0.05) is 42.0 Å². The Hall–Kier alpha value is -8.71. The Morgan fingerprint density at radius 2 is 0.596 bits per heavy atom. The zero-order chi connectivity index (χ0) is 69.1. The molecule has 0 atom stereocenters. The molecular weight excluding hydrogens is 1300 g/mol. The summed E-state index contributed by atoms with van der Waals surface area (Å²) in [4.78, 5) is 0. The van der Waals surface area contributed by atoms with E-state index in [1.165, 1.54) is 0 Å². The Labute approximate surface area is 582 Å². The quantitative estimate of drug-likeness (QED) is 0.0164. The molecule has 0 spiro atoms. The molecule has 11 rings (SSSR count). The molecule has 17 heteroatoms. The molecular formula is C82H85N2O12P3+2. The summed E-state index contributed by atoms with van der Waals surface area (Å²) >= 11 is 0. The van der Waals surface area contributed by atoms with E-state index in [4.69, 9.17) is 41.4 Å². The molecule has 0 radical (unpaired) electrons. The van der Waals surface area contributed by atoms with Crippen molar-refractivity contribution in [2.75, 3.05) is 66.1 Å². The van der Waals surface area contributed by atoms with E-state index in [0.29, 0.717) is 48.9 Å². The van der Waals surface area contributed by atoms with Crippen molar-refractivity contribution in [2.24, 2.45) is 0 Å². The number of para-hydroxylation sites is 1. The van der Waals surface area contributed by atoms with Crippen molar-refractivity contribution in [3.8, 4) is 61.7 Å². The van der Waals surface area contributed by atoms with Crippen molar-refractivity contribution in [2.45, 2.75) is 53.5 Å². The van der Waals surface area contributed by atoms with Gasteiger partial charge in [-0.3, -0.25) is 13.7 Å². The Morgan fingerprint density at radius 1 is 0.303 bits per heavy atom. The zero-order valence-electron chi connectivity index (χ0n) is 56.9. The number of hydrogen-bond donors (Lipinski definition) is 0. The van der Waals surface area contributed by atoms with Crippen LogP contribution in [0.2, 0.25) is 0 Å². The number of ether oxygens (including phenoxy) is 3. The highest BCUT2D eigenvalue weighted by Gasteiger charge is 2.39. The summed E-state index contributed by atoms with van der Waals surface area (Å²) in [6.45, 7) is 15.0. The van der Waals surface area contributed by atoms with Crippen LogP contribution in [0.15, 0.2) is 274 Å². The number of aromatic nitrogens is 2. The Kier molecular flexibility index (Phi) is 24.5. The van der Waals surface area contributed by atoms with Crippen LogP contribution in [-0.4, -0.2) is 66.1 Å². The summed E-state index contributed by atoms with van der Waals surface area (Å²) in [6, 6.07) is 84.0. The Bertz CT molecular complexity index is 4180. The first-order valence-corrected chi connectivity index (χ1v) is 38.4. The van der Waals surface area contributed by atoms with E-state index in [2.05, 4.69) is 167 Å². The number of pyridine rings is 2. The summed E-state index contributed by atoms with van der Waals surface area (Å²) in [5.74, 6) is 1.63. The third-order valence-corrected chi connectivity index (χ3v) is 23.4. The molecule has 14 nitrogen and oxygen atoms in total. The summed E-state index contributed by atoms with van der Waals surface area (Å²) in [6.07, 6.45) is 8.42. The van der Waals surface area contributed by atoms with Gasteiger partial charge in [0.1, 0.15) is 24.7 Å². The smallest absolute Gasteiger partial charge is 0.361 e. The van der Waals surface area contributed by atoms with Crippen molar-refractivity contribution < 1.29 is 64.2 Å². The minimum absolute atomic E-state index is 0.253. The van der Waals surface area contributed by atoms with E-state index in [-0.39, 0.29) is 39.6 Å². The van der Waals surface area contributed by atoms with Gasteiger partial charge in [0.15, 0.2) is 31.3 Å². The lowest BCUT2D eigenvalue weighted by molar-refractivity contribution is -0.688. The minimum Gasteiger partial charge on any atom is -0.491 e. The third-order valence-electron chi connectivity index (χ3n) is 17.0. The van der Waals surface area contributed by atoms with E-state index in [1.54, 1.807) is 0 Å². The average Bonchev–Trinajstić information content (AvgIpc) is 0.729. The Morgan fingerprint density at radius 3 is 0.929 bits per heavy atom. The maximum absolute atomic E-state index is 13.8. The van der Waals surface area contributed by atoms with Gasteiger partial charge in [-0.15, -0.1) is 0 Å². The molecule has 2 aromatic heterocycles. The molecule has 0 bridgehead atoms. The van der Waals surface area contributed by atoms with Crippen molar-refractivity contribution in [1.82, 2.24) is 0 Å². The van der Waals surface area contributed by atoms with Gasteiger partial charge in [-0.25, -0.2) is 4.57 Å². The molecule has 0 N–H and O–H groups in total. The van der Waals surface area contributed by atoms with E-state index in [9.17, 15) is 13.7 Å². The second kappa shape index (κ2) is 33.9. The average molecular weight is 1380 g/mol. The predicted molar refractivity (Wildman–Crippen MR) is 393 cm³/mol. The maximum atomic E-state index is 13.8. The highest BCUT2D eigenvalue weighted by Crippen LogP contribution is 2.51. The number of hydrogen-bond acceptors (Lipinski definition) is 12. The molecule has 0 amide bonds. The van der Waals surface area contributed by atoms with Crippen LogP contribution in [0.1, 0.15) is 69.4 Å². The molecule has 0 saturated heterocycles. The van der Waals surface area contributed by atoms with E-state index in [0.717, 1.165) is 89.5 Å². The van der Waals surface area contributed by atoms with Crippen LogP contribution in [0, 0.1) is 0 Å². The third kappa shape index (κ3) is 17.1. The topological polar surface area (TPSA) is 142 Å². The SMILES string of the molecule is CCOP(=O)(OCC)c1ccc(-c2ccc(C(c3ccc(-c4ccc(P(=O)(OCC)OCC)cc4)cc3)(c3ccc(-c4ccc(P(=O)(OCC)OCC)cc4)cc3)c3ccc(-[n+]4ccc(-c5cc[n+](Cc6ccc(OCCOCCOc7ccccc7)cc6)cc5)cc4)cc3)cc2)cc1. The molecule has 0 aliphatic carbocycles. The fourth-order valence-electron chi connectivity index (χ4n) is 12.2. The first-order valence-electron chi connectivity index (χ1n) is 33.7. The predicted octanol–water partition coefficient (Wildman–Crippen LogP) is 17.5. The molecule has 99 heavy (non-hydrogen) atoms. The van der Waals surface area contributed by atoms with Gasteiger partial charge in [0.2, 0.25) is 5.69 Å². The molecule has 0 fully saturated rings. The molecule has 11 aromatic rings. The lowest BCUT2D eigenvalue weighted by Gasteiger charge is -2.37. The highest BCUT2D eigenvalue weighted by molar-refractivity contribution is 7.62. The van der Waals surface area contributed by atoms with Crippen molar-refractivity contribution in [1.29, 1.82) is 0 Å². The fourth-order valence-corrected chi connectivity index (χ4v) is 16.9. The first-order chi connectivity index (χ1) is 48.3. The van der Waals surface area contributed by atoms with Gasteiger partial charge in [-0.2, -0.15) is 4.57 Å². The van der Waals surface area contributed by atoms with Crippen LogP contribution in [-0.2, 0) is 57.5 Å². The van der Waals surface area contributed by atoms with Crippen LogP contribution in [0.5, 0.6) is 11.5 Å². The van der Waals surface area contributed by atoms with E-state index in [1.807, 2.05) is 157 Å². The van der Waals surface area contributed by atoms with Crippen LogP contribution in [0.4, 0.5) is 0 Å². The monoisotopic (exact) mass is 1380 g/mol. The van der Waals surface area contributed by atoms with Gasteiger partial charge >= 0.3 is 22.8 Å². The number of nitrogens with zero attached hydrogens (tertiary/aromatic N) is 2. The normalized spacial score (nSPS) is 12.0. The van der Waals surface area contributed by atoms with E-state index < -0.39 is 28.2 Å². The van der Waals surface area contributed by atoms with Gasteiger partial charge in [-0.1, -0.05) is 140 Å². The minimum atomic E-state index is -3.50. The zero-order valence-corrected chi connectivity index (χ0v) is 59.6. The molecule has 0 aliphatic heterocycles. The molecule has 2 heterocycles. The molecule has 0 saturated carbocycles. The van der Waals surface area contributed by atoms with Crippen molar-refractivity contribution in [3.63, 3.8) is 0 Å². The summed E-state index contributed by atoms with van der Waals surface area (Å²) < 4.78 is 97.2. The summed E-state index contributed by atoms with van der Waals surface area (Å²) in [5.41, 5.74) is 13.2. The second-order valence-corrected chi connectivity index (χ2v) is 29.3. The number of benzene rings is 9. The Balaban J connectivity index is 0.900. The summed E-state index contributed by atoms with van der Waals surface area (Å²) in [5, 5.41) is 1.50. The van der Waals surface area contributed by atoms with Gasteiger partial charge in [-0.05, 0) is 181 Å². The van der Waals surface area contributed by atoms with Crippen LogP contribution < -0.4 is 34.5 Å². The van der Waals surface area contributed by atoms with Gasteiger partial charge in [0.25, 0.3) is 0 Å². The lowest BCUT2D eigenvalue weighted by Crippen LogP contribution is -2.33.